The van der Waals surface area contributed by atoms with Gasteiger partial charge in [-0.05, 0) is 6.18 Å². The van der Waals surface area contributed by atoms with Gasteiger partial charge in [0.2, 0.25) is 0 Å². The van der Waals surface area contributed by atoms with Gasteiger partial charge < -0.3 is 5.11 Å². The van der Waals surface area contributed by atoms with Gasteiger partial charge in [0.1, 0.15) is 0 Å². The summed E-state index contributed by atoms with van der Waals surface area (Å²) in [7, 11) is 0. The molecule has 0 heterocycles. The lowest BCUT2D eigenvalue weighted by molar-refractivity contribution is -0.140. The minimum atomic E-state index is -2.08. The molecule has 1 atom stereocenters. The molecule has 1 unspecified atom stereocenters. The summed E-state index contributed by atoms with van der Waals surface area (Å²) in [6, 6.07) is 0. The van der Waals surface area contributed by atoms with Gasteiger partial charge in [0.25, 0.3) is 0 Å². The Labute approximate surface area is 57.5 Å². The quantitative estimate of drug-likeness (QED) is 0.632. The molecule has 8 heavy (non-hydrogen) atoms. The summed E-state index contributed by atoms with van der Waals surface area (Å²) in [6.07, 6.45) is -2.08. The Hall–Kier alpha value is -0.180. The van der Waals surface area contributed by atoms with Gasteiger partial charge in [-0.2, -0.15) is 11.8 Å². The normalized spacial score (nSPS) is 20.4. The first kappa shape index (κ1) is 3.77. The van der Waals surface area contributed by atoms with E-state index in [1.54, 1.807) is 0 Å². The molecule has 0 spiro atoms. The first-order valence-electron chi connectivity index (χ1n) is 3.69. The minimum absolute atomic E-state index is 0.131. The molecule has 0 saturated carbocycles. The highest BCUT2D eigenvalue weighted by atomic mass is 32.2. The van der Waals surface area contributed by atoms with Crippen molar-refractivity contribution in [3.05, 3.63) is 0 Å². The minimum Gasteiger partial charge on any atom is -0.481 e. The first-order valence-corrected chi connectivity index (χ1v) is 3.18. The zero-order valence-corrected chi connectivity index (χ0v) is 5.36. The van der Waals surface area contributed by atoms with Crippen molar-refractivity contribution in [2.24, 2.45) is 5.92 Å². The van der Waals surface area contributed by atoms with E-state index >= 15 is 0 Å². The van der Waals surface area contributed by atoms with E-state index in [9.17, 15) is 4.79 Å². The van der Waals surface area contributed by atoms with Crippen LogP contribution < -0.4 is 0 Å². The van der Waals surface area contributed by atoms with Crippen LogP contribution in [0.2, 0.25) is 0 Å². The van der Waals surface area contributed by atoms with Gasteiger partial charge in [0.15, 0.2) is 0 Å². The van der Waals surface area contributed by atoms with Crippen LogP contribution in [-0.4, -0.2) is 23.0 Å². The van der Waals surface area contributed by atoms with Crippen molar-refractivity contribution in [1.29, 1.82) is 0 Å². The highest BCUT2D eigenvalue weighted by Gasteiger charge is 2.07. The molecule has 0 aliphatic heterocycles. The van der Waals surface area contributed by atoms with E-state index < -0.39 is 18.1 Å². The lowest BCUT2D eigenvalue weighted by Crippen LogP contribution is -2.11. The first-order chi connectivity index (χ1) is 4.83. The number of rotatable bonds is 3. The van der Waals surface area contributed by atoms with Gasteiger partial charge in [-0.15, -0.1) is 0 Å². The van der Waals surface area contributed by atoms with Crippen LogP contribution >= 0.6 is 11.8 Å². The molecule has 0 aromatic rings. The second kappa shape index (κ2) is 3.78. The molecular formula is C5H10O2S. The van der Waals surface area contributed by atoms with E-state index in [2.05, 4.69) is 0 Å². The van der Waals surface area contributed by atoms with Crippen molar-refractivity contribution >= 4 is 17.7 Å². The average Bonchev–Trinajstić information content (AvgIpc) is 1.80. The third-order valence-corrected chi connectivity index (χ3v) is 1.42. The largest absolute Gasteiger partial charge is 0.481 e. The van der Waals surface area contributed by atoms with Crippen LogP contribution in [0.25, 0.3) is 0 Å². The molecule has 0 aliphatic carbocycles. The van der Waals surface area contributed by atoms with Crippen LogP contribution in [0.4, 0.5) is 0 Å². The van der Waals surface area contributed by atoms with Gasteiger partial charge in [0.05, 0.1) is 5.92 Å². The third kappa shape index (κ3) is 2.91. The summed E-state index contributed by atoms with van der Waals surface area (Å²) >= 11 is 0.689. The van der Waals surface area contributed by atoms with Crippen molar-refractivity contribution in [2.45, 2.75) is 6.92 Å². The predicted molar refractivity (Wildman–Crippen MR) is 35.2 cm³/mol. The van der Waals surface area contributed by atoms with E-state index in [0.29, 0.717) is 11.8 Å². The van der Waals surface area contributed by atoms with Crippen molar-refractivity contribution in [2.75, 3.05) is 11.9 Å². The van der Waals surface area contributed by atoms with Gasteiger partial charge in [0, 0.05) is 9.87 Å². The molecule has 0 fully saturated rings. The number of carboxylic acids is 1. The van der Waals surface area contributed by atoms with Crippen LogP contribution in [0.15, 0.2) is 0 Å². The third-order valence-electron chi connectivity index (χ3n) is 0.755. The van der Waals surface area contributed by atoms with Crippen molar-refractivity contribution < 1.29 is 14.0 Å². The average molecular weight is 137 g/mol. The highest BCUT2D eigenvalue weighted by molar-refractivity contribution is 7.98. The fourth-order valence-corrected chi connectivity index (χ4v) is 0.589. The molecule has 0 amide bonds. The van der Waals surface area contributed by atoms with Gasteiger partial charge >= 0.3 is 5.97 Å². The topological polar surface area (TPSA) is 37.3 Å². The Kier molecular flexibility index (Phi) is 1.78. The molecule has 0 bridgehead atoms. The molecule has 0 rings (SSSR count). The second-order valence-electron chi connectivity index (χ2n) is 1.55. The molecule has 0 aromatic heterocycles. The smallest absolute Gasteiger partial charge is 0.307 e. The molecule has 0 aliphatic rings. The van der Waals surface area contributed by atoms with Crippen LogP contribution in [0.3, 0.4) is 0 Å². The van der Waals surface area contributed by atoms with E-state index in [-0.39, 0.29) is 5.75 Å². The number of carbonyl (C=O) groups is 1. The standard InChI is InChI=1S/C5H10O2S/c1-4(3-8-2)5(6)7/h4H,3H2,1-2H3,(H,6,7)/i2D3. The highest BCUT2D eigenvalue weighted by Crippen LogP contribution is 2.02. The van der Waals surface area contributed by atoms with E-state index in [1.165, 1.54) is 6.92 Å². The Morgan fingerprint density at radius 2 is 2.75 bits per heavy atom. The summed E-state index contributed by atoms with van der Waals surface area (Å²) in [5.41, 5.74) is 0. The summed E-state index contributed by atoms with van der Waals surface area (Å²) < 4.78 is 20.3. The zero-order chi connectivity index (χ0) is 9.07. The Morgan fingerprint density at radius 1 is 2.12 bits per heavy atom. The molecule has 0 saturated heterocycles. The van der Waals surface area contributed by atoms with Crippen molar-refractivity contribution in [3.63, 3.8) is 0 Å². The number of thioether (sulfide) groups is 1. The van der Waals surface area contributed by atoms with E-state index in [0.717, 1.165) is 0 Å². The second-order valence-corrected chi connectivity index (χ2v) is 2.17. The molecule has 0 aromatic carbocycles. The molecular weight excluding hydrogens is 124 g/mol. The van der Waals surface area contributed by atoms with Crippen molar-refractivity contribution in [3.8, 4) is 0 Å². The van der Waals surface area contributed by atoms with E-state index in [4.69, 9.17) is 9.22 Å². The molecule has 48 valence electrons. The summed E-state index contributed by atoms with van der Waals surface area (Å²) in [5.74, 6) is -1.42. The van der Waals surface area contributed by atoms with Crippen molar-refractivity contribution in [1.82, 2.24) is 0 Å². The lowest BCUT2D eigenvalue weighted by Gasteiger charge is -1.99. The monoisotopic (exact) mass is 137 g/mol. The maximum Gasteiger partial charge on any atom is 0.307 e. The Morgan fingerprint density at radius 3 is 3.12 bits per heavy atom. The predicted octanol–water partition coefficient (Wildman–Crippen LogP) is 1.07. The summed E-state index contributed by atoms with van der Waals surface area (Å²) in [6.45, 7) is 1.49. The van der Waals surface area contributed by atoms with Crippen LogP contribution in [0.1, 0.15) is 11.0 Å². The van der Waals surface area contributed by atoms with Crippen LogP contribution in [-0.2, 0) is 4.79 Å². The van der Waals surface area contributed by atoms with Gasteiger partial charge in [-0.25, -0.2) is 0 Å². The summed E-state index contributed by atoms with van der Waals surface area (Å²) in [4.78, 5) is 10.2. The molecule has 1 N–H and O–H groups in total. The SMILES string of the molecule is [2H]C([2H])([2H])SCC(C)C(=O)O. The van der Waals surface area contributed by atoms with Crippen LogP contribution in [0, 0.1) is 5.92 Å². The zero-order valence-electron chi connectivity index (χ0n) is 7.55. The number of hydrogen-bond donors (Lipinski definition) is 1. The Bertz CT molecular complexity index is 145. The number of aliphatic carboxylic acids is 1. The fraction of sp³-hybridized carbons (Fsp3) is 0.800. The Balaban J connectivity index is 3.63. The summed E-state index contributed by atoms with van der Waals surface area (Å²) in [5, 5.41) is 8.38. The number of carboxylic acid groups (broad SMARTS) is 1. The number of hydrogen-bond acceptors (Lipinski definition) is 2. The van der Waals surface area contributed by atoms with Crippen LogP contribution in [0.5, 0.6) is 0 Å². The molecule has 0 radical (unpaired) electrons. The van der Waals surface area contributed by atoms with Gasteiger partial charge in [-0.1, -0.05) is 6.92 Å². The molecule has 2 nitrogen and oxygen atoms in total. The lowest BCUT2D eigenvalue weighted by atomic mass is 10.2. The fourth-order valence-electron chi connectivity index (χ4n) is 0.196. The van der Waals surface area contributed by atoms with E-state index in [1.807, 2.05) is 0 Å². The maximum atomic E-state index is 10.2. The van der Waals surface area contributed by atoms with Gasteiger partial charge in [-0.3, -0.25) is 4.79 Å². The maximum absolute atomic E-state index is 10.2. The molecule has 3 heteroatoms.